The fourth-order valence-corrected chi connectivity index (χ4v) is 2.66. The number of aldehydes is 1. The van der Waals surface area contributed by atoms with E-state index in [1.165, 1.54) is 0 Å². The highest BCUT2D eigenvalue weighted by Crippen LogP contribution is 2.60. The van der Waals surface area contributed by atoms with Gasteiger partial charge in [0, 0.05) is 5.92 Å². The average molecular weight is 182 g/mol. The third kappa shape index (κ3) is 1.26. The lowest BCUT2D eigenvalue weighted by Crippen LogP contribution is -2.13. The zero-order valence-electron chi connectivity index (χ0n) is 7.73. The maximum absolute atomic E-state index is 11.3. The first kappa shape index (κ1) is 8.73. The molecule has 0 saturated heterocycles. The molecule has 0 N–H and O–H groups in total. The molecule has 0 unspecified atom stereocenters. The van der Waals surface area contributed by atoms with Gasteiger partial charge in [-0.1, -0.05) is 0 Å². The highest BCUT2D eigenvalue weighted by atomic mass is 16.5. The summed E-state index contributed by atoms with van der Waals surface area (Å²) < 4.78 is 4.94. The normalized spacial score (nSPS) is 41.0. The fourth-order valence-electron chi connectivity index (χ4n) is 2.66. The molecule has 2 aliphatic rings. The van der Waals surface area contributed by atoms with Crippen molar-refractivity contribution >= 4 is 12.3 Å². The summed E-state index contributed by atoms with van der Waals surface area (Å²) in [5.74, 6) is 0.846. The molecule has 2 saturated carbocycles. The van der Waals surface area contributed by atoms with Crippen molar-refractivity contribution in [1.82, 2.24) is 0 Å². The van der Waals surface area contributed by atoms with Crippen molar-refractivity contribution < 1.29 is 14.3 Å². The van der Waals surface area contributed by atoms with Crippen molar-refractivity contribution in [3.8, 4) is 0 Å². The lowest BCUT2D eigenvalue weighted by molar-refractivity contribution is -0.145. The van der Waals surface area contributed by atoms with E-state index in [1.54, 1.807) is 0 Å². The molecule has 2 fully saturated rings. The van der Waals surface area contributed by atoms with Crippen molar-refractivity contribution in [1.29, 1.82) is 0 Å². The van der Waals surface area contributed by atoms with Crippen molar-refractivity contribution in [3.05, 3.63) is 0 Å². The van der Waals surface area contributed by atoms with E-state index < -0.39 is 0 Å². The van der Waals surface area contributed by atoms with Gasteiger partial charge < -0.3 is 9.53 Å². The summed E-state index contributed by atoms with van der Waals surface area (Å²) in [5, 5.41) is 0. The Morgan fingerprint density at radius 1 is 1.54 bits per heavy atom. The molecule has 0 heterocycles. The molecule has 72 valence electrons. The number of carbonyl (C=O) groups is 2. The Morgan fingerprint density at radius 2 is 2.31 bits per heavy atom. The van der Waals surface area contributed by atoms with E-state index in [9.17, 15) is 9.59 Å². The number of ether oxygens (including phenoxy) is 1. The molecule has 0 aromatic carbocycles. The Morgan fingerprint density at radius 3 is 2.92 bits per heavy atom. The molecule has 2 aliphatic carbocycles. The summed E-state index contributed by atoms with van der Waals surface area (Å²) in [4.78, 5) is 22.0. The second kappa shape index (κ2) is 3.13. The lowest BCUT2D eigenvalue weighted by Gasteiger charge is -2.06. The van der Waals surface area contributed by atoms with E-state index in [1.807, 2.05) is 6.92 Å². The minimum absolute atomic E-state index is 0.0453. The zero-order chi connectivity index (χ0) is 9.42. The van der Waals surface area contributed by atoms with Gasteiger partial charge in [-0.15, -0.1) is 0 Å². The van der Waals surface area contributed by atoms with E-state index in [0.29, 0.717) is 18.4 Å². The van der Waals surface area contributed by atoms with Gasteiger partial charge in [0.25, 0.3) is 0 Å². The summed E-state index contributed by atoms with van der Waals surface area (Å²) in [7, 11) is 0. The summed E-state index contributed by atoms with van der Waals surface area (Å²) in [6, 6.07) is 0. The molecule has 0 radical (unpaired) electrons. The van der Waals surface area contributed by atoms with Gasteiger partial charge in [0.2, 0.25) is 0 Å². The summed E-state index contributed by atoms with van der Waals surface area (Å²) in [6.45, 7) is 2.26. The first-order valence-electron chi connectivity index (χ1n) is 4.91. The van der Waals surface area contributed by atoms with Crippen LogP contribution in [0.5, 0.6) is 0 Å². The second-order valence-electron chi connectivity index (χ2n) is 3.90. The van der Waals surface area contributed by atoms with Crippen LogP contribution in [0.25, 0.3) is 0 Å². The van der Waals surface area contributed by atoms with Crippen molar-refractivity contribution in [2.75, 3.05) is 6.61 Å². The molecule has 3 nitrogen and oxygen atoms in total. The molecule has 0 aromatic rings. The molecule has 0 aliphatic heterocycles. The smallest absolute Gasteiger partial charge is 0.309 e. The maximum Gasteiger partial charge on any atom is 0.309 e. The summed E-state index contributed by atoms with van der Waals surface area (Å²) in [5.41, 5.74) is 0. The van der Waals surface area contributed by atoms with Crippen LogP contribution in [0.4, 0.5) is 0 Å². The van der Waals surface area contributed by atoms with Gasteiger partial charge in [-0.2, -0.15) is 0 Å². The van der Waals surface area contributed by atoms with Crippen LogP contribution in [0.2, 0.25) is 0 Å². The fraction of sp³-hybridized carbons (Fsp3) is 0.800. The minimum Gasteiger partial charge on any atom is -0.466 e. The molecule has 0 bridgehead atoms. The monoisotopic (exact) mass is 182 g/mol. The van der Waals surface area contributed by atoms with E-state index in [-0.39, 0.29) is 17.8 Å². The third-order valence-corrected chi connectivity index (χ3v) is 3.29. The van der Waals surface area contributed by atoms with E-state index >= 15 is 0 Å². The molecule has 2 rings (SSSR count). The Balaban J connectivity index is 1.93. The van der Waals surface area contributed by atoms with E-state index in [4.69, 9.17) is 4.74 Å². The molecule has 4 atom stereocenters. The lowest BCUT2D eigenvalue weighted by atomic mass is 10.0. The summed E-state index contributed by atoms with van der Waals surface area (Å²) in [6.07, 6.45) is 3.00. The molecule has 13 heavy (non-hydrogen) atoms. The molecule has 0 spiro atoms. The van der Waals surface area contributed by atoms with Crippen molar-refractivity contribution in [2.24, 2.45) is 23.7 Å². The Labute approximate surface area is 77.4 Å². The molecule has 0 amide bonds. The van der Waals surface area contributed by atoms with Crippen LogP contribution in [0.3, 0.4) is 0 Å². The molecular formula is C10H14O3. The van der Waals surface area contributed by atoms with E-state index in [2.05, 4.69) is 0 Å². The van der Waals surface area contributed by atoms with Gasteiger partial charge in [0.05, 0.1) is 12.5 Å². The number of carbonyl (C=O) groups excluding carboxylic acids is 2. The molecular weight excluding hydrogens is 168 g/mol. The number of fused-ring (bicyclic) bond motifs is 1. The van der Waals surface area contributed by atoms with E-state index in [0.717, 1.165) is 19.1 Å². The highest BCUT2D eigenvalue weighted by molar-refractivity contribution is 5.78. The van der Waals surface area contributed by atoms with Gasteiger partial charge in [-0.25, -0.2) is 0 Å². The van der Waals surface area contributed by atoms with Crippen LogP contribution in [0, 0.1) is 23.7 Å². The molecule has 0 aromatic heterocycles. The predicted octanol–water partition coefficient (Wildman–Crippen LogP) is 1.02. The van der Waals surface area contributed by atoms with Crippen molar-refractivity contribution in [2.45, 2.75) is 19.8 Å². The summed E-state index contributed by atoms with van der Waals surface area (Å²) >= 11 is 0. The van der Waals surface area contributed by atoms with Crippen LogP contribution in [-0.2, 0) is 14.3 Å². The first-order valence-corrected chi connectivity index (χ1v) is 4.91. The maximum atomic E-state index is 11.3. The van der Waals surface area contributed by atoms with Crippen LogP contribution < -0.4 is 0 Å². The largest absolute Gasteiger partial charge is 0.466 e. The van der Waals surface area contributed by atoms with Crippen LogP contribution in [0.1, 0.15) is 19.8 Å². The predicted molar refractivity (Wildman–Crippen MR) is 45.9 cm³/mol. The Kier molecular flexibility index (Phi) is 2.10. The van der Waals surface area contributed by atoms with Gasteiger partial charge >= 0.3 is 5.97 Å². The van der Waals surface area contributed by atoms with Crippen LogP contribution >= 0.6 is 0 Å². The molecule has 3 heteroatoms. The van der Waals surface area contributed by atoms with Crippen molar-refractivity contribution in [3.63, 3.8) is 0 Å². The van der Waals surface area contributed by atoms with Crippen LogP contribution in [-0.4, -0.2) is 18.9 Å². The zero-order valence-corrected chi connectivity index (χ0v) is 7.73. The van der Waals surface area contributed by atoms with Crippen LogP contribution in [0.15, 0.2) is 0 Å². The van der Waals surface area contributed by atoms with Gasteiger partial charge in [0.15, 0.2) is 0 Å². The number of hydrogen-bond donors (Lipinski definition) is 0. The third-order valence-electron chi connectivity index (χ3n) is 3.29. The minimum atomic E-state index is -0.0935. The standard InChI is InChI=1S/C10H14O3/c1-2-13-10(12)9-7-4-3-6(5-11)8(7)9/h5-9H,2-4H2,1H3/t6-,7+,8+,9+/m0/s1. The quantitative estimate of drug-likeness (QED) is 0.483. The average Bonchev–Trinajstić information content (AvgIpc) is 2.69. The first-order chi connectivity index (χ1) is 6.29. The van der Waals surface area contributed by atoms with Gasteiger partial charge in [-0.05, 0) is 31.6 Å². The Bertz CT molecular complexity index is 236. The number of hydrogen-bond acceptors (Lipinski definition) is 3. The highest BCUT2D eigenvalue weighted by Gasteiger charge is 2.61. The topological polar surface area (TPSA) is 43.4 Å². The SMILES string of the molecule is CCOC(=O)[C@@H]1[C@@H]2CC[C@@H](C=O)[C@H]21. The second-order valence-corrected chi connectivity index (χ2v) is 3.90. The number of esters is 1. The number of rotatable bonds is 3. The van der Waals surface area contributed by atoms with Gasteiger partial charge in [0.1, 0.15) is 6.29 Å². The Hall–Kier alpha value is -0.860. The van der Waals surface area contributed by atoms with Gasteiger partial charge in [-0.3, -0.25) is 4.79 Å².